The van der Waals surface area contributed by atoms with E-state index in [4.69, 9.17) is 22.7 Å². The van der Waals surface area contributed by atoms with E-state index in [0.717, 1.165) is 50.2 Å². The van der Waals surface area contributed by atoms with Gasteiger partial charge in [0.15, 0.2) is 0 Å². The lowest BCUT2D eigenvalue weighted by Crippen LogP contribution is -2.39. The van der Waals surface area contributed by atoms with Gasteiger partial charge in [0.05, 0.1) is 12.7 Å². The summed E-state index contributed by atoms with van der Waals surface area (Å²) in [5.41, 5.74) is 6.40. The summed E-state index contributed by atoms with van der Waals surface area (Å²) < 4.78 is 5.69. The van der Waals surface area contributed by atoms with Crippen molar-refractivity contribution in [1.82, 2.24) is 4.90 Å². The third kappa shape index (κ3) is 4.74. The molecular formula is C15H22N2O2S. The molecule has 0 amide bonds. The fraction of sp³-hybridized carbons (Fsp3) is 0.533. The molecule has 1 aromatic carbocycles. The standard InChI is InChI=1S/C15H22N2O2S/c16-15(20)12-4-6-14(7-5-12)19-10-2-9-17-8-1-3-13(18)11-17/h4-7,13,18H,1-3,8-11H2,(H2,16,20). The van der Waals surface area contributed by atoms with Gasteiger partial charge in [0.1, 0.15) is 10.7 Å². The maximum absolute atomic E-state index is 9.59. The molecule has 0 bridgehead atoms. The topological polar surface area (TPSA) is 58.7 Å². The molecule has 1 atom stereocenters. The van der Waals surface area contributed by atoms with Crippen LogP contribution in [0.4, 0.5) is 0 Å². The Bertz CT molecular complexity index is 436. The Labute approximate surface area is 125 Å². The smallest absolute Gasteiger partial charge is 0.119 e. The van der Waals surface area contributed by atoms with Crippen molar-refractivity contribution in [3.63, 3.8) is 0 Å². The molecule has 3 N–H and O–H groups in total. The van der Waals surface area contributed by atoms with Crippen LogP contribution in [0.25, 0.3) is 0 Å². The van der Waals surface area contributed by atoms with E-state index in [2.05, 4.69) is 4.90 Å². The van der Waals surface area contributed by atoms with Gasteiger partial charge in [-0.1, -0.05) is 12.2 Å². The van der Waals surface area contributed by atoms with E-state index in [1.165, 1.54) is 0 Å². The van der Waals surface area contributed by atoms with Gasteiger partial charge in [0.2, 0.25) is 0 Å². The number of nitrogens with zero attached hydrogens (tertiary/aromatic N) is 1. The van der Waals surface area contributed by atoms with Crippen LogP contribution in [0.5, 0.6) is 5.75 Å². The summed E-state index contributed by atoms with van der Waals surface area (Å²) in [5, 5.41) is 9.59. The third-order valence-corrected chi connectivity index (χ3v) is 3.74. The fourth-order valence-corrected chi connectivity index (χ4v) is 2.56. The molecular weight excluding hydrogens is 272 g/mol. The van der Waals surface area contributed by atoms with Crippen molar-refractivity contribution in [2.45, 2.75) is 25.4 Å². The quantitative estimate of drug-likeness (QED) is 0.616. The first kappa shape index (κ1) is 15.2. The Morgan fingerprint density at radius 1 is 1.40 bits per heavy atom. The molecule has 110 valence electrons. The summed E-state index contributed by atoms with van der Waals surface area (Å²) in [5.74, 6) is 0.837. The Kier molecular flexibility index (Phi) is 5.76. The highest BCUT2D eigenvalue weighted by molar-refractivity contribution is 7.80. The number of piperidine rings is 1. The maximum atomic E-state index is 9.59. The Balaban J connectivity index is 1.66. The van der Waals surface area contributed by atoms with Gasteiger partial charge < -0.3 is 20.5 Å². The first-order valence-corrected chi connectivity index (χ1v) is 7.49. The lowest BCUT2D eigenvalue weighted by Gasteiger charge is -2.29. The number of likely N-dealkylation sites (tertiary alicyclic amines) is 1. The van der Waals surface area contributed by atoms with Crippen LogP contribution in [0.3, 0.4) is 0 Å². The molecule has 1 heterocycles. The predicted octanol–water partition coefficient (Wildman–Crippen LogP) is 1.55. The van der Waals surface area contributed by atoms with Gasteiger partial charge in [-0.2, -0.15) is 0 Å². The average molecular weight is 294 g/mol. The first-order valence-electron chi connectivity index (χ1n) is 7.08. The van der Waals surface area contributed by atoms with Crippen molar-refractivity contribution in [1.29, 1.82) is 0 Å². The van der Waals surface area contributed by atoms with Gasteiger partial charge in [-0.3, -0.25) is 0 Å². The third-order valence-electron chi connectivity index (χ3n) is 3.51. The van der Waals surface area contributed by atoms with E-state index < -0.39 is 0 Å². The van der Waals surface area contributed by atoms with E-state index in [-0.39, 0.29) is 6.10 Å². The monoisotopic (exact) mass is 294 g/mol. The van der Waals surface area contributed by atoms with Crippen LogP contribution in [-0.2, 0) is 0 Å². The van der Waals surface area contributed by atoms with Crippen molar-refractivity contribution in [2.24, 2.45) is 5.73 Å². The second-order valence-corrected chi connectivity index (χ2v) is 5.63. The second kappa shape index (κ2) is 7.57. The van der Waals surface area contributed by atoms with Crippen molar-refractivity contribution < 1.29 is 9.84 Å². The van der Waals surface area contributed by atoms with Gasteiger partial charge in [0, 0.05) is 18.7 Å². The number of thiocarbonyl (C=S) groups is 1. The molecule has 0 saturated carbocycles. The summed E-state index contributed by atoms with van der Waals surface area (Å²) in [6.07, 6.45) is 2.83. The van der Waals surface area contributed by atoms with Crippen molar-refractivity contribution in [2.75, 3.05) is 26.2 Å². The number of aliphatic hydroxyl groups is 1. The molecule has 1 saturated heterocycles. The predicted molar refractivity (Wildman–Crippen MR) is 84.1 cm³/mol. The number of aliphatic hydroxyl groups excluding tert-OH is 1. The molecule has 1 aromatic rings. The Morgan fingerprint density at radius 2 is 2.15 bits per heavy atom. The number of nitrogens with two attached hydrogens (primary N) is 1. The van der Waals surface area contributed by atoms with E-state index in [1.807, 2.05) is 24.3 Å². The summed E-state index contributed by atoms with van der Waals surface area (Å²) in [6.45, 7) is 3.53. The van der Waals surface area contributed by atoms with Crippen LogP contribution in [0.15, 0.2) is 24.3 Å². The fourth-order valence-electron chi connectivity index (χ4n) is 2.43. The molecule has 0 spiro atoms. The highest BCUT2D eigenvalue weighted by Crippen LogP contribution is 2.13. The molecule has 5 heteroatoms. The van der Waals surface area contributed by atoms with E-state index >= 15 is 0 Å². The van der Waals surface area contributed by atoms with Crippen LogP contribution in [0.1, 0.15) is 24.8 Å². The zero-order chi connectivity index (χ0) is 14.4. The molecule has 4 nitrogen and oxygen atoms in total. The molecule has 2 rings (SSSR count). The molecule has 0 aliphatic carbocycles. The van der Waals surface area contributed by atoms with Crippen molar-refractivity contribution >= 4 is 17.2 Å². The average Bonchev–Trinajstić information content (AvgIpc) is 2.44. The van der Waals surface area contributed by atoms with Crippen LogP contribution >= 0.6 is 12.2 Å². The minimum Gasteiger partial charge on any atom is -0.494 e. The second-order valence-electron chi connectivity index (χ2n) is 5.19. The van der Waals surface area contributed by atoms with Gasteiger partial charge in [-0.15, -0.1) is 0 Å². The molecule has 0 aromatic heterocycles. The molecule has 1 unspecified atom stereocenters. The minimum absolute atomic E-state index is 0.155. The molecule has 20 heavy (non-hydrogen) atoms. The minimum atomic E-state index is -0.155. The zero-order valence-corrected chi connectivity index (χ0v) is 12.4. The van der Waals surface area contributed by atoms with E-state index in [1.54, 1.807) is 0 Å². The van der Waals surface area contributed by atoms with Crippen molar-refractivity contribution in [3.05, 3.63) is 29.8 Å². The Hall–Kier alpha value is -1.17. The molecule has 1 fully saturated rings. The lowest BCUT2D eigenvalue weighted by atomic mass is 10.1. The number of hydrogen-bond acceptors (Lipinski definition) is 4. The number of hydrogen-bond donors (Lipinski definition) is 2. The first-order chi connectivity index (χ1) is 9.65. The van der Waals surface area contributed by atoms with Gasteiger partial charge >= 0.3 is 0 Å². The van der Waals surface area contributed by atoms with Gasteiger partial charge in [-0.25, -0.2) is 0 Å². The highest BCUT2D eigenvalue weighted by atomic mass is 32.1. The summed E-state index contributed by atoms with van der Waals surface area (Å²) >= 11 is 4.90. The number of ether oxygens (including phenoxy) is 1. The zero-order valence-electron chi connectivity index (χ0n) is 11.6. The molecule has 0 radical (unpaired) electrons. The van der Waals surface area contributed by atoms with Crippen LogP contribution in [0.2, 0.25) is 0 Å². The van der Waals surface area contributed by atoms with Crippen LogP contribution < -0.4 is 10.5 Å². The number of rotatable bonds is 6. The summed E-state index contributed by atoms with van der Waals surface area (Å²) in [4.78, 5) is 2.70. The SMILES string of the molecule is NC(=S)c1ccc(OCCCN2CCCC(O)C2)cc1. The maximum Gasteiger partial charge on any atom is 0.119 e. The van der Waals surface area contributed by atoms with Gasteiger partial charge in [-0.05, 0) is 50.1 Å². The number of benzene rings is 1. The van der Waals surface area contributed by atoms with Gasteiger partial charge in [0.25, 0.3) is 0 Å². The normalized spacial score (nSPS) is 19.8. The van der Waals surface area contributed by atoms with E-state index in [0.29, 0.717) is 11.6 Å². The van der Waals surface area contributed by atoms with Crippen LogP contribution in [-0.4, -0.2) is 47.3 Å². The summed E-state index contributed by atoms with van der Waals surface area (Å²) in [6, 6.07) is 7.52. The van der Waals surface area contributed by atoms with E-state index in [9.17, 15) is 5.11 Å². The summed E-state index contributed by atoms with van der Waals surface area (Å²) in [7, 11) is 0. The largest absolute Gasteiger partial charge is 0.494 e. The number of β-amino-alcohol motifs (C(OH)–C–C–N with tert-alkyl or cyclic N) is 1. The lowest BCUT2D eigenvalue weighted by molar-refractivity contribution is 0.0679. The molecule has 1 aliphatic rings. The Morgan fingerprint density at radius 3 is 2.80 bits per heavy atom. The van der Waals surface area contributed by atoms with Crippen molar-refractivity contribution in [3.8, 4) is 5.75 Å². The van der Waals surface area contributed by atoms with Crippen LogP contribution in [0, 0.1) is 0 Å². The highest BCUT2D eigenvalue weighted by Gasteiger charge is 2.16. The molecule has 1 aliphatic heterocycles.